The fourth-order valence-corrected chi connectivity index (χ4v) is 2.93. The fourth-order valence-electron chi connectivity index (χ4n) is 2.93. The quantitative estimate of drug-likeness (QED) is 0.774. The zero-order valence-electron chi connectivity index (χ0n) is 14.8. The first-order valence-electron chi connectivity index (χ1n) is 8.88. The SMILES string of the molecule is O=C(CCc1cccnc1)N[C@@H]1COCC[C@H]1Oc1ccc(C(=O)O)cc1. The number of carbonyl (C=O) groups excluding carboxylic acids is 1. The average molecular weight is 370 g/mol. The number of hydrogen-bond acceptors (Lipinski definition) is 5. The molecule has 0 saturated carbocycles. The summed E-state index contributed by atoms with van der Waals surface area (Å²) in [6.45, 7) is 0.941. The molecule has 7 heteroatoms. The van der Waals surface area contributed by atoms with Crippen LogP contribution >= 0.6 is 0 Å². The minimum atomic E-state index is -0.980. The van der Waals surface area contributed by atoms with E-state index in [2.05, 4.69) is 10.3 Å². The number of ether oxygens (including phenoxy) is 2. The van der Waals surface area contributed by atoms with Gasteiger partial charge in [-0.25, -0.2) is 4.79 Å². The summed E-state index contributed by atoms with van der Waals surface area (Å²) in [5.41, 5.74) is 1.22. The number of hydrogen-bond donors (Lipinski definition) is 2. The number of aromatic nitrogens is 1. The molecule has 0 unspecified atom stereocenters. The van der Waals surface area contributed by atoms with Crippen molar-refractivity contribution in [1.29, 1.82) is 0 Å². The number of carboxylic acid groups (broad SMARTS) is 1. The van der Waals surface area contributed by atoms with E-state index in [1.807, 2.05) is 12.1 Å². The van der Waals surface area contributed by atoms with Crippen LogP contribution in [-0.2, 0) is 16.0 Å². The Morgan fingerprint density at radius 3 is 2.78 bits per heavy atom. The van der Waals surface area contributed by atoms with Crippen LogP contribution in [0.15, 0.2) is 48.8 Å². The number of benzene rings is 1. The molecular formula is C20H22N2O5. The van der Waals surface area contributed by atoms with Crippen molar-refractivity contribution in [1.82, 2.24) is 10.3 Å². The molecule has 0 bridgehead atoms. The van der Waals surface area contributed by atoms with Crippen molar-refractivity contribution in [3.05, 3.63) is 59.9 Å². The van der Waals surface area contributed by atoms with Gasteiger partial charge in [-0.05, 0) is 42.3 Å². The van der Waals surface area contributed by atoms with E-state index < -0.39 is 5.97 Å². The Hall–Kier alpha value is -2.93. The Kier molecular flexibility index (Phi) is 6.38. The molecule has 1 aliphatic heterocycles. The highest BCUT2D eigenvalue weighted by atomic mass is 16.5. The number of carbonyl (C=O) groups is 2. The van der Waals surface area contributed by atoms with Gasteiger partial charge in [-0.2, -0.15) is 0 Å². The van der Waals surface area contributed by atoms with Crippen molar-refractivity contribution in [2.45, 2.75) is 31.4 Å². The Bertz CT molecular complexity index is 764. The normalized spacial score (nSPS) is 19.3. The number of rotatable bonds is 7. The number of aryl methyl sites for hydroxylation is 1. The molecule has 2 aromatic rings. The van der Waals surface area contributed by atoms with Crippen molar-refractivity contribution in [3.63, 3.8) is 0 Å². The zero-order valence-corrected chi connectivity index (χ0v) is 14.8. The number of nitrogens with one attached hydrogen (secondary N) is 1. The highest BCUT2D eigenvalue weighted by Crippen LogP contribution is 2.19. The van der Waals surface area contributed by atoms with Crippen molar-refractivity contribution in [2.75, 3.05) is 13.2 Å². The lowest BCUT2D eigenvalue weighted by Crippen LogP contribution is -2.51. The van der Waals surface area contributed by atoms with Crippen LogP contribution in [0.4, 0.5) is 0 Å². The molecular weight excluding hydrogens is 348 g/mol. The van der Waals surface area contributed by atoms with Gasteiger partial charge >= 0.3 is 5.97 Å². The van der Waals surface area contributed by atoms with Crippen LogP contribution in [0.25, 0.3) is 0 Å². The Morgan fingerprint density at radius 1 is 1.26 bits per heavy atom. The largest absolute Gasteiger partial charge is 0.488 e. The van der Waals surface area contributed by atoms with Crippen LogP contribution in [0, 0.1) is 0 Å². The molecule has 27 heavy (non-hydrogen) atoms. The first-order chi connectivity index (χ1) is 13.1. The van der Waals surface area contributed by atoms with Crippen LogP contribution in [0.3, 0.4) is 0 Å². The van der Waals surface area contributed by atoms with Gasteiger partial charge < -0.3 is 19.9 Å². The smallest absolute Gasteiger partial charge is 0.335 e. The summed E-state index contributed by atoms with van der Waals surface area (Å²) in [5, 5.41) is 11.9. The maximum absolute atomic E-state index is 12.3. The average Bonchev–Trinajstić information content (AvgIpc) is 2.69. The Morgan fingerprint density at radius 2 is 2.07 bits per heavy atom. The third-order valence-corrected chi connectivity index (χ3v) is 4.39. The fraction of sp³-hybridized carbons (Fsp3) is 0.350. The molecule has 1 amide bonds. The predicted molar refractivity (Wildman–Crippen MR) is 97.7 cm³/mol. The molecule has 1 aliphatic rings. The lowest BCUT2D eigenvalue weighted by molar-refractivity contribution is -0.124. The van der Waals surface area contributed by atoms with E-state index in [4.69, 9.17) is 14.6 Å². The molecule has 7 nitrogen and oxygen atoms in total. The van der Waals surface area contributed by atoms with Gasteiger partial charge in [-0.3, -0.25) is 9.78 Å². The first kappa shape index (κ1) is 18.8. The van der Waals surface area contributed by atoms with Gasteiger partial charge in [0.05, 0.1) is 24.8 Å². The van der Waals surface area contributed by atoms with E-state index in [0.717, 1.165) is 5.56 Å². The van der Waals surface area contributed by atoms with Crippen molar-refractivity contribution >= 4 is 11.9 Å². The second-order valence-electron chi connectivity index (χ2n) is 6.38. The summed E-state index contributed by atoms with van der Waals surface area (Å²) >= 11 is 0. The van der Waals surface area contributed by atoms with Gasteiger partial charge in [0.25, 0.3) is 0 Å². The van der Waals surface area contributed by atoms with Crippen LogP contribution in [0.1, 0.15) is 28.8 Å². The first-order valence-corrected chi connectivity index (χ1v) is 8.88. The number of amides is 1. The molecule has 3 rings (SSSR count). The third-order valence-electron chi connectivity index (χ3n) is 4.39. The van der Waals surface area contributed by atoms with Gasteiger partial charge in [0, 0.05) is 25.2 Å². The van der Waals surface area contributed by atoms with Gasteiger partial charge in [0.15, 0.2) is 0 Å². The summed E-state index contributed by atoms with van der Waals surface area (Å²) in [5.74, 6) is -0.475. The van der Waals surface area contributed by atoms with E-state index in [1.165, 1.54) is 12.1 Å². The van der Waals surface area contributed by atoms with E-state index in [1.54, 1.807) is 24.5 Å². The molecule has 0 radical (unpaired) electrons. The molecule has 1 aromatic heterocycles. The molecule has 2 heterocycles. The standard InChI is InChI=1S/C20H22N2O5/c23-19(8-3-14-2-1-10-21-12-14)22-17-13-26-11-9-18(17)27-16-6-4-15(5-7-16)20(24)25/h1-2,4-7,10,12,17-18H,3,8-9,11,13H2,(H,22,23)(H,24,25)/t17-,18-/m1/s1. The van der Waals surface area contributed by atoms with Gasteiger partial charge in [0.1, 0.15) is 11.9 Å². The molecule has 1 saturated heterocycles. The summed E-state index contributed by atoms with van der Waals surface area (Å²) in [6.07, 6.45) is 4.86. The van der Waals surface area contributed by atoms with Gasteiger partial charge in [-0.15, -0.1) is 0 Å². The van der Waals surface area contributed by atoms with E-state index in [9.17, 15) is 9.59 Å². The van der Waals surface area contributed by atoms with Gasteiger partial charge in [-0.1, -0.05) is 6.07 Å². The second-order valence-corrected chi connectivity index (χ2v) is 6.38. The van der Waals surface area contributed by atoms with Gasteiger partial charge in [0.2, 0.25) is 5.91 Å². The lowest BCUT2D eigenvalue weighted by Gasteiger charge is -2.32. The van der Waals surface area contributed by atoms with Crippen molar-refractivity contribution < 1.29 is 24.2 Å². The van der Waals surface area contributed by atoms with Crippen LogP contribution in [0.2, 0.25) is 0 Å². The maximum Gasteiger partial charge on any atom is 0.335 e. The Balaban J connectivity index is 1.54. The molecule has 1 aromatic carbocycles. The molecule has 2 atom stereocenters. The minimum Gasteiger partial charge on any atom is -0.488 e. The molecule has 1 fully saturated rings. The highest BCUT2D eigenvalue weighted by molar-refractivity contribution is 5.87. The van der Waals surface area contributed by atoms with E-state index >= 15 is 0 Å². The van der Waals surface area contributed by atoms with Crippen LogP contribution < -0.4 is 10.1 Å². The predicted octanol–water partition coefficient (Wildman–Crippen LogP) is 2.07. The van der Waals surface area contributed by atoms with Crippen molar-refractivity contribution in [2.24, 2.45) is 0 Å². The van der Waals surface area contributed by atoms with E-state index in [-0.39, 0.29) is 23.6 Å². The van der Waals surface area contributed by atoms with E-state index in [0.29, 0.717) is 38.2 Å². The number of carboxylic acids is 1. The molecule has 0 aliphatic carbocycles. The molecule has 142 valence electrons. The molecule has 0 spiro atoms. The third kappa shape index (κ3) is 5.52. The number of pyridine rings is 1. The minimum absolute atomic E-state index is 0.0656. The number of aromatic carboxylic acids is 1. The topological polar surface area (TPSA) is 97.8 Å². The highest BCUT2D eigenvalue weighted by Gasteiger charge is 2.29. The maximum atomic E-state index is 12.3. The van der Waals surface area contributed by atoms with Crippen molar-refractivity contribution in [3.8, 4) is 5.75 Å². The Labute approximate surface area is 157 Å². The summed E-state index contributed by atoms with van der Waals surface area (Å²) in [7, 11) is 0. The second kappa shape index (κ2) is 9.14. The zero-order chi connectivity index (χ0) is 19.1. The van der Waals surface area contributed by atoms with Crippen LogP contribution in [0.5, 0.6) is 5.75 Å². The van der Waals surface area contributed by atoms with Crippen LogP contribution in [-0.4, -0.2) is 47.3 Å². The summed E-state index contributed by atoms with van der Waals surface area (Å²) in [6, 6.07) is 9.79. The number of nitrogens with zero attached hydrogens (tertiary/aromatic N) is 1. The summed E-state index contributed by atoms with van der Waals surface area (Å²) < 4.78 is 11.5. The lowest BCUT2D eigenvalue weighted by atomic mass is 10.1. The summed E-state index contributed by atoms with van der Waals surface area (Å²) in [4.78, 5) is 27.3. The molecule has 2 N–H and O–H groups in total. The monoisotopic (exact) mass is 370 g/mol.